The van der Waals surface area contributed by atoms with Crippen molar-refractivity contribution >= 4 is 46.0 Å². The number of hydrogen-bond acceptors (Lipinski definition) is 7. The lowest BCUT2D eigenvalue weighted by Gasteiger charge is -2.12. The Morgan fingerprint density at radius 1 is 1.10 bits per heavy atom. The molecule has 0 saturated heterocycles. The van der Waals surface area contributed by atoms with E-state index in [0.29, 0.717) is 43.9 Å². The molecule has 9 heteroatoms. The van der Waals surface area contributed by atoms with Gasteiger partial charge in [0, 0.05) is 41.2 Å². The van der Waals surface area contributed by atoms with Gasteiger partial charge in [0.05, 0.1) is 28.2 Å². The first-order valence-electron chi connectivity index (χ1n) is 8.47. The lowest BCUT2D eigenvalue weighted by Crippen LogP contribution is -1.97. The van der Waals surface area contributed by atoms with E-state index in [1.54, 1.807) is 42.7 Å². The first-order valence-corrected chi connectivity index (χ1v) is 9.67. The van der Waals surface area contributed by atoms with Crippen molar-refractivity contribution in [3.63, 3.8) is 0 Å². The average molecular weight is 428 g/mol. The van der Waals surface area contributed by atoms with Gasteiger partial charge in [0.1, 0.15) is 5.82 Å². The normalized spacial score (nSPS) is 10.9. The molecular weight excluding hydrogens is 413 g/mol. The molecule has 146 valence electrons. The Kier molecular flexibility index (Phi) is 5.37. The van der Waals surface area contributed by atoms with E-state index < -0.39 is 5.82 Å². The van der Waals surface area contributed by atoms with Crippen LogP contribution in [0.3, 0.4) is 0 Å². The Morgan fingerprint density at radius 2 is 1.97 bits per heavy atom. The Balaban J connectivity index is 1.64. The van der Waals surface area contributed by atoms with Gasteiger partial charge in [-0.25, -0.2) is 14.4 Å². The lowest BCUT2D eigenvalue weighted by atomic mass is 10.0. The molecule has 0 spiro atoms. The smallest absolute Gasteiger partial charge is 0.228 e. The molecule has 0 atom stereocenters. The summed E-state index contributed by atoms with van der Waals surface area (Å²) in [5.41, 5.74) is 7.75. The summed E-state index contributed by atoms with van der Waals surface area (Å²) in [4.78, 5) is 13.2. The molecule has 4 rings (SSSR count). The summed E-state index contributed by atoms with van der Waals surface area (Å²) in [6.45, 7) is 0. The molecule has 0 saturated carbocycles. The topological polar surface area (TPSA) is 86.0 Å². The van der Waals surface area contributed by atoms with Gasteiger partial charge in [0.15, 0.2) is 5.82 Å². The van der Waals surface area contributed by atoms with Crippen molar-refractivity contribution in [2.24, 2.45) is 0 Å². The number of nitrogens with one attached hydrogen (secondary N) is 1. The molecule has 0 aliphatic carbocycles. The van der Waals surface area contributed by atoms with Gasteiger partial charge in [0.25, 0.3) is 0 Å². The van der Waals surface area contributed by atoms with E-state index in [9.17, 15) is 0 Å². The third kappa shape index (κ3) is 4.03. The molecular formula is C20H15ClFN5OS. The minimum Gasteiger partial charge on any atom is -0.480 e. The molecule has 3 N–H and O–H groups in total. The van der Waals surface area contributed by atoms with Gasteiger partial charge in [-0.05, 0) is 30.1 Å². The average Bonchev–Trinajstić information content (AvgIpc) is 2.73. The van der Waals surface area contributed by atoms with Crippen molar-refractivity contribution in [3.05, 3.63) is 65.8 Å². The summed E-state index contributed by atoms with van der Waals surface area (Å²) in [5, 5.41) is 1.24. The highest BCUT2D eigenvalue weighted by atomic mass is 35.5. The third-order valence-electron chi connectivity index (χ3n) is 4.15. The number of anilines is 2. The molecule has 0 amide bonds. The van der Waals surface area contributed by atoms with Crippen LogP contribution >= 0.6 is 23.5 Å². The zero-order chi connectivity index (χ0) is 20.4. The van der Waals surface area contributed by atoms with E-state index >= 15 is 4.39 Å². The van der Waals surface area contributed by atoms with Gasteiger partial charge >= 0.3 is 0 Å². The number of ether oxygens (including phenoxy) is 1. The fourth-order valence-corrected chi connectivity index (χ4v) is 3.77. The first-order chi connectivity index (χ1) is 14.0. The van der Waals surface area contributed by atoms with E-state index in [1.807, 2.05) is 6.07 Å². The molecule has 0 bridgehead atoms. The Morgan fingerprint density at radius 3 is 2.79 bits per heavy atom. The molecule has 3 aromatic heterocycles. The molecule has 0 unspecified atom stereocenters. The van der Waals surface area contributed by atoms with Crippen molar-refractivity contribution in [1.82, 2.24) is 15.0 Å². The summed E-state index contributed by atoms with van der Waals surface area (Å²) < 4.78 is 23.4. The van der Waals surface area contributed by atoms with E-state index in [-0.39, 0.29) is 0 Å². The molecule has 3 heterocycles. The van der Waals surface area contributed by atoms with Crippen LogP contribution in [0, 0.1) is 5.82 Å². The van der Waals surface area contributed by atoms with Crippen LogP contribution in [0.25, 0.3) is 22.0 Å². The third-order valence-corrected chi connectivity index (χ3v) is 5.19. The van der Waals surface area contributed by atoms with Crippen LogP contribution in [0.1, 0.15) is 0 Å². The van der Waals surface area contributed by atoms with Gasteiger partial charge in [0.2, 0.25) is 5.88 Å². The number of nitrogens with two attached hydrogens (primary N) is 1. The van der Waals surface area contributed by atoms with Crippen molar-refractivity contribution in [1.29, 1.82) is 0 Å². The number of rotatable bonds is 5. The molecule has 4 aromatic rings. The predicted molar refractivity (Wildman–Crippen MR) is 115 cm³/mol. The minimum absolute atomic E-state index is 0.310. The quantitative estimate of drug-likeness (QED) is 0.423. The second kappa shape index (κ2) is 8.10. The summed E-state index contributed by atoms with van der Waals surface area (Å²) in [5.74, 6) is 0.380. The highest BCUT2D eigenvalue weighted by Gasteiger charge is 2.13. The van der Waals surface area contributed by atoms with Crippen LogP contribution in [0.4, 0.5) is 15.9 Å². The molecule has 0 aliphatic rings. The molecule has 1 aromatic carbocycles. The van der Waals surface area contributed by atoms with Crippen LogP contribution in [0.2, 0.25) is 5.02 Å². The largest absolute Gasteiger partial charge is 0.480 e. The van der Waals surface area contributed by atoms with E-state index in [0.717, 1.165) is 17.3 Å². The SMILES string of the molecule is COc1ncc(Cl)cc1SNc1cccc(-c2cnc3cc(N)ncc3c2)c1F. The van der Waals surface area contributed by atoms with Crippen LogP contribution < -0.4 is 15.2 Å². The predicted octanol–water partition coefficient (Wildman–Crippen LogP) is 5.19. The van der Waals surface area contributed by atoms with Gasteiger partial charge < -0.3 is 15.2 Å². The maximum Gasteiger partial charge on any atom is 0.228 e. The fourth-order valence-electron chi connectivity index (χ4n) is 2.76. The number of benzene rings is 1. The van der Waals surface area contributed by atoms with Crippen LogP contribution in [-0.2, 0) is 0 Å². The van der Waals surface area contributed by atoms with E-state index in [2.05, 4.69) is 19.7 Å². The molecule has 6 nitrogen and oxygen atoms in total. The number of halogens is 2. The highest BCUT2D eigenvalue weighted by Crippen LogP contribution is 2.34. The second-order valence-corrected chi connectivity index (χ2v) is 7.34. The molecule has 29 heavy (non-hydrogen) atoms. The molecule has 0 fully saturated rings. The zero-order valence-corrected chi connectivity index (χ0v) is 16.8. The van der Waals surface area contributed by atoms with Gasteiger partial charge in [-0.3, -0.25) is 4.98 Å². The number of pyridine rings is 3. The molecule has 0 aliphatic heterocycles. The lowest BCUT2D eigenvalue weighted by molar-refractivity contribution is 0.387. The first kappa shape index (κ1) is 19.2. The molecule has 0 radical (unpaired) electrons. The van der Waals surface area contributed by atoms with Crippen molar-refractivity contribution < 1.29 is 9.13 Å². The number of aromatic nitrogens is 3. The summed E-state index contributed by atoms with van der Waals surface area (Å²) in [6.07, 6.45) is 4.72. The van der Waals surface area contributed by atoms with Crippen molar-refractivity contribution in [2.75, 3.05) is 17.6 Å². The number of hydrogen-bond donors (Lipinski definition) is 2. The van der Waals surface area contributed by atoms with Crippen LogP contribution in [-0.4, -0.2) is 22.1 Å². The van der Waals surface area contributed by atoms with E-state index in [4.69, 9.17) is 22.1 Å². The number of nitrogen functional groups attached to an aromatic ring is 1. The zero-order valence-electron chi connectivity index (χ0n) is 15.2. The summed E-state index contributed by atoms with van der Waals surface area (Å²) in [7, 11) is 1.51. The number of methoxy groups -OCH3 is 1. The van der Waals surface area contributed by atoms with Crippen LogP contribution in [0.5, 0.6) is 5.88 Å². The maximum absolute atomic E-state index is 15.2. The monoisotopic (exact) mass is 427 g/mol. The van der Waals surface area contributed by atoms with Gasteiger partial charge in [-0.1, -0.05) is 23.7 Å². The number of fused-ring (bicyclic) bond motifs is 1. The van der Waals surface area contributed by atoms with Gasteiger partial charge in [-0.15, -0.1) is 0 Å². The van der Waals surface area contributed by atoms with Crippen molar-refractivity contribution in [3.8, 4) is 17.0 Å². The summed E-state index contributed by atoms with van der Waals surface area (Å²) >= 11 is 7.16. The van der Waals surface area contributed by atoms with Gasteiger partial charge in [-0.2, -0.15) is 0 Å². The van der Waals surface area contributed by atoms with E-state index in [1.165, 1.54) is 13.3 Å². The van der Waals surface area contributed by atoms with Crippen LogP contribution in [0.15, 0.2) is 59.9 Å². The Hall–Kier alpha value is -3.10. The minimum atomic E-state index is -0.404. The standard InChI is InChI=1S/C20H15ClFN5OS/c1-28-20-17(6-13(21)10-26-20)29-27-15-4-2-3-14(19(15)22)11-5-12-9-25-18(23)7-16(12)24-8-11/h2-10,27H,1H3,(H2,23,25). The highest BCUT2D eigenvalue weighted by molar-refractivity contribution is 8.00. The Labute approximate surface area is 175 Å². The van der Waals surface area contributed by atoms with Crippen molar-refractivity contribution in [2.45, 2.75) is 4.90 Å². The Bertz CT molecular complexity index is 1210. The number of nitrogens with zero attached hydrogens (tertiary/aromatic N) is 3. The fraction of sp³-hybridized carbons (Fsp3) is 0.0500. The summed E-state index contributed by atoms with van der Waals surface area (Å²) in [6, 6.07) is 10.3. The second-order valence-electron chi connectivity index (χ2n) is 6.06. The maximum atomic E-state index is 15.2.